The van der Waals surface area contributed by atoms with Gasteiger partial charge in [-0.15, -0.1) is 0 Å². The summed E-state index contributed by atoms with van der Waals surface area (Å²) in [5.41, 5.74) is 1.29. The molecular weight excluding hydrogens is 354 g/mol. The Bertz CT molecular complexity index is 816. The SMILES string of the molecule is CSCCC(C(=O)O)(c1ccccc1)N(c1ccccc1)c1ccccc1. The van der Waals surface area contributed by atoms with Crippen molar-refractivity contribution in [3.8, 4) is 0 Å². The summed E-state index contributed by atoms with van der Waals surface area (Å²) >= 11 is 1.66. The van der Waals surface area contributed by atoms with Gasteiger partial charge in [0, 0.05) is 11.4 Å². The highest BCUT2D eigenvalue weighted by Crippen LogP contribution is 2.42. The molecule has 1 atom stereocenters. The average molecular weight is 378 g/mol. The fourth-order valence-corrected chi connectivity index (χ4v) is 3.92. The number of carbonyl (C=O) groups is 1. The van der Waals surface area contributed by atoms with Crippen molar-refractivity contribution in [3.63, 3.8) is 0 Å². The number of carboxylic acids is 1. The van der Waals surface area contributed by atoms with Gasteiger partial charge in [-0.2, -0.15) is 11.8 Å². The molecule has 0 saturated carbocycles. The van der Waals surface area contributed by atoms with Crippen LogP contribution in [0.3, 0.4) is 0 Å². The molecule has 0 amide bonds. The third kappa shape index (κ3) is 3.86. The van der Waals surface area contributed by atoms with Crippen LogP contribution in [0.25, 0.3) is 0 Å². The van der Waals surface area contributed by atoms with Gasteiger partial charge in [0.1, 0.15) is 0 Å². The van der Waals surface area contributed by atoms with Crippen molar-refractivity contribution >= 4 is 29.1 Å². The van der Waals surface area contributed by atoms with Crippen LogP contribution in [0, 0.1) is 0 Å². The van der Waals surface area contributed by atoms with E-state index >= 15 is 0 Å². The molecule has 0 bridgehead atoms. The molecule has 0 spiro atoms. The second kappa shape index (κ2) is 8.78. The van der Waals surface area contributed by atoms with Gasteiger partial charge in [0.2, 0.25) is 0 Å². The van der Waals surface area contributed by atoms with Crippen molar-refractivity contribution in [1.82, 2.24) is 0 Å². The van der Waals surface area contributed by atoms with Crippen molar-refractivity contribution in [1.29, 1.82) is 0 Å². The molecule has 3 aromatic rings. The number of anilines is 2. The van der Waals surface area contributed by atoms with E-state index in [1.54, 1.807) is 11.8 Å². The molecule has 0 aliphatic heterocycles. The van der Waals surface area contributed by atoms with Gasteiger partial charge in [0.25, 0.3) is 0 Å². The minimum atomic E-state index is -1.20. The van der Waals surface area contributed by atoms with E-state index in [0.29, 0.717) is 6.42 Å². The topological polar surface area (TPSA) is 40.5 Å². The van der Waals surface area contributed by atoms with Gasteiger partial charge in [-0.25, -0.2) is 4.79 Å². The largest absolute Gasteiger partial charge is 0.479 e. The zero-order valence-electron chi connectivity index (χ0n) is 15.3. The average Bonchev–Trinajstić information content (AvgIpc) is 2.73. The Balaban J connectivity index is 2.29. The van der Waals surface area contributed by atoms with Gasteiger partial charge >= 0.3 is 5.97 Å². The normalized spacial score (nSPS) is 12.9. The number of benzene rings is 3. The van der Waals surface area contributed by atoms with Gasteiger partial charge in [-0.1, -0.05) is 66.7 Å². The summed E-state index contributed by atoms with van der Waals surface area (Å²) in [5.74, 6) is -0.118. The minimum absolute atomic E-state index is 0.483. The van der Waals surface area contributed by atoms with Crippen molar-refractivity contribution in [2.75, 3.05) is 16.9 Å². The van der Waals surface area contributed by atoms with Crippen LogP contribution in [-0.4, -0.2) is 23.1 Å². The number of thioether (sulfide) groups is 1. The van der Waals surface area contributed by atoms with Crippen LogP contribution in [0.1, 0.15) is 12.0 Å². The molecule has 1 N–H and O–H groups in total. The van der Waals surface area contributed by atoms with Crippen LogP contribution in [-0.2, 0) is 10.3 Å². The Morgan fingerprint density at radius 1 is 0.852 bits per heavy atom. The zero-order valence-corrected chi connectivity index (χ0v) is 16.1. The summed E-state index contributed by atoms with van der Waals surface area (Å²) in [6, 6.07) is 29.1. The monoisotopic (exact) mass is 377 g/mol. The number of para-hydroxylation sites is 2. The van der Waals surface area contributed by atoms with Gasteiger partial charge in [-0.3, -0.25) is 0 Å². The fourth-order valence-electron chi connectivity index (χ4n) is 3.42. The first-order chi connectivity index (χ1) is 13.2. The highest BCUT2D eigenvalue weighted by Gasteiger charge is 2.46. The molecule has 0 heterocycles. The van der Waals surface area contributed by atoms with E-state index in [0.717, 1.165) is 22.7 Å². The first-order valence-corrected chi connectivity index (χ1v) is 10.3. The highest BCUT2D eigenvalue weighted by molar-refractivity contribution is 7.98. The number of aliphatic carboxylic acids is 1. The van der Waals surface area contributed by atoms with Crippen LogP contribution >= 0.6 is 11.8 Å². The van der Waals surface area contributed by atoms with Crippen molar-refractivity contribution in [3.05, 3.63) is 96.6 Å². The van der Waals surface area contributed by atoms with Crippen LogP contribution in [0.15, 0.2) is 91.0 Å². The second-order valence-corrected chi connectivity index (χ2v) is 7.27. The van der Waals surface area contributed by atoms with Gasteiger partial charge in [0.15, 0.2) is 5.54 Å². The maximum absolute atomic E-state index is 12.9. The second-order valence-electron chi connectivity index (χ2n) is 6.28. The smallest absolute Gasteiger partial charge is 0.334 e. The van der Waals surface area contributed by atoms with Crippen LogP contribution in [0.4, 0.5) is 11.4 Å². The van der Waals surface area contributed by atoms with Crippen molar-refractivity contribution in [2.45, 2.75) is 12.0 Å². The molecule has 0 aliphatic carbocycles. The minimum Gasteiger partial charge on any atom is -0.479 e. The first-order valence-electron chi connectivity index (χ1n) is 8.88. The van der Waals surface area contributed by atoms with Crippen LogP contribution in [0.5, 0.6) is 0 Å². The summed E-state index contributed by atoms with van der Waals surface area (Å²) in [6.45, 7) is 0. The molecule has 138 valence electrons. The lowest BCUT2D eigenvalue weighted by atomic mass is 9.84. The molecule has 0 aliphatic rings. The van der Waals surface area contributed by atoms with Gasteiger partial charge < -0.3 is 10.0 Å². The fraction of sp³-hybridized carbons (Fsp3) is 0.174. The molecule has 3 aromatic carbocycles. The van der Waals surface area contributed by atoms with E-state index in [1.165, 1.54) is 0 Å². The van der Waals surface area contributed by atoms with E-state index in [-0.39, 0.29) is 0 Å². The van der Waals surface area contributed by atoms with E-state index < -0.39 is 11.5 Å². The third-order valence-electron chi connectivity index (χ3n) is 4.68. The Hall–Kier alpha value is -2.72. The molecule has 0 aromatic heterocycles. The molecule has 4 heteroatoms. The van der Waals surface area contributed by atoms with E-state index in [4.69, 9.17) is 0 Å². The standard InChI is InChI=1S/C23H23NO2S/c1-27-18-17-23(22(25)26,19-11-5-2-6-12-19)24(20-13-7-3-8-14-20)21-15-9-4-10-16-21/h2-16H,17-18H2,1H3,(H,25,26). The summed E-state index contributed by atoms with van der Waals surface area (Å²) in [7, 11) is 0. The molecular formula is C23H23NO2S. The Morgan fingerprint density at radius 2 is 1.30 bits per heavy atom. The first kappa shape index (κ1) is 19.1. The number of hydrogen-bond donors (Lipinski definition) is 1. The number of hydrogen-bond acceptors (Lipinski definition) is 3. The van der Waals surface area contributed by atoms with E-state index in [2.05, 4.69) is 0 Å². The molecule has 3 rings (SSSR count). The number of nitrogens with zero attached hydrogens (tertiary/aromatic N) is 1. The summed E-state index contributed by atoms with van der Waals surface area (Å²) in [5, 5.41) is 10.5. The summed E-state index contributed by atoms with van der Waals surface area (Å²) in [4.78, 5) is 14.8. The lowest BCUT2D eigenvalue weighted by Gasteiger charge is -2.43. The number of carboxylic acid groups (broad SMARTS) is 1. The quantitative estimate of drug-likeness (QED) is 0.558. The molecule has 0 radical (unpaired) electrons. The molecule has 27 heavy (non-hydrogen) atoms. The summed E-state index contributed by atoms with van der Waals surface area (Å²) < 4.78 is 0. The van der Waals surface area contributed by atoms with Crippen molar-refractivity contribution < 1.29 is 9.90 Å². The lowest BCUT2D eigenvalue weighted by molar-refractivity contribution is -0.143. The van der Waals surface area contributed by atoms with Crippen LogP contribution < -0.4 is 4.90 Å². The molecule has 0 fully saturated rings. The van der Waals surface area contributed by atoms with Gasteiger partial charge in [0.05, 0.1) is 0 Å². The predicted octanol–water partition coefficient (Wildman–Crippen LogP) is 5.56. The van der Waals surface area contributed by atoms with E-state index in [9.17, 15) is 9.90 Å². The third-order valence-corrected chi connectivity index (χ3v) is 5.30. The summed E-state index contributed by atoms with van der Waals surface area (Å²) in [6.07, 6.45) is 2.49. The maximum atomic E-state index is 12.9. The Labute approximate surface area is 164 Å². The highest BCUT2D eigenvalue weighted by atomic mass is 32.2. The molecule has 0 saturated heterocycles. The lowest BCUT2D eigenvalue weighted by Crippen LogP contribution is -2.50. The predicted molar refractivity (Wildman–Crippen MR) is 114 cm³/mol. The molecule has 3 nitrogen and oxygen atoms in total. The van der Waals surface area contributed by atoms with Gasteiger partial charge in [-0.05, 0) is 48.3 Å². The van der Waals surface area contributed by atoms with Crippen molar-refractivity contribution in [2.24, 2.45) is 0 Å². The number of rotatable bonds is 8. The Morgan fingerprint density at radius 3 is 1.70 bits per heavy atom. The Kier molecular flexibility index (Phi) is 6.20. The molecule has 1 unspecified atom stereocenters. The van der Waals surface area contributed by atoms with Crippen LogP contribution in [0.2, 0.25) is 0 Å². The zero-order chi connectivity index (χ0) is 19.1. The maximum Gasteiger partial charge on any atom is 0.334 e. The van der Waals surface area contributed by atoms with E-state index in [1.807, 2.05) is 102 Å².